The van der Waals surface area contributed by atoms with Gasteiger partial charge in [-0.05, 0) is 31.6 Å². The number of hydrogen-bond donors (Lipinski definition) is 2. The van der Waals surface area contributed by atoms with Crippen molar-refractivity contribution in [3.05, 3.63) is 0 Å². The Hall–Kier alpha value is -0.600. The molecule has 1 saturated carbocycles. The fourth-order valence-electron chi connectivity index (χ4n) is 3.95. The van der Waals surface area contributed by atoms with E-state index in [0.717, 1.165) is 38.4 Å². The number of carbonyl (C=O) groups is 2. The van der Waals surface area contributed by atoms with E-state index in [-0.39, 0.29) is 42.7 Å². The predicted molar refractivity (Wildman–Crippen MR) is 110 cm³/mol. The molecule has 2 saturated heterocycles. The zero-order valence-electron chi connectivity index (χ0n) is 16.2. The Morgan fingerprint density at radius 2 is 1.74 bits per heavy atom. The molecule has 3 rings (SSSR count). The van der Waals surface area contributed by atoms with Gasteiger partial charge in [0.05, 0.1) is 19.8 Å². The third-order valence-corrected chi connectivity index (χ3v) is 5.65. The van der Waals surface area contributed by atoms with Crippen LogP contribution in [0.4, 0.5) is 0 Å². The molecule has 1 unspecified atom stereocenters. The first-order valence-electron chi connectivity index (χ1n) is 9.73. The lowest BCUT2D eigenvalue weighted by Crippen LogP contribution is -2.58. The molecule has 0 bridgehead atoms. The number of rotatable bonds is 4. The lowest BCUT2D eigenvalue weighted by Gasteiger charge is -2.37. The molecular formula is C18H34Cl2N4O3. The standard InChI is InChI=1S/C18H32N4O3.2ClH/c1-14-2-4-15(5-3-14)20-17(23)12-21-7-9-22(10-8-21)18(24)16-13-25-11-6-19-16;;/h14-16,19H,2-13H2,1H3,(H,20,23);2*1H. The SMILES string of the molecule is CC1CCC(NC(=O)CN2CCN(C(=O)C3COCCN3)CC2)CC1.Cl.Cl. The predicted octanol–water partition coefficient (Wildman–Crippen LogP) is 0.658. The van der Waals surface area contributed by atoms with Gasteiger partial charge < -0.3 is 20.3 Å². The van der Waals surface area contributed by atoms with Crippen LogP contribution in [0.15, 0.2) is 0 Å². The monoisotopic (exact) mass is 424 g/mol. The number of hydrogen-bond acceptors (Lipinski definition) is 5. The molecule has 0 aromatic heterocycles. The minimum absolute atomic E-state index is 0. The van der Waals surface area contributed by atoms with Crippen LogP contribution in [0.1, 0.15) is 32.6 Å². The van der Waals surface area contributed by atoms with Gasteiger partial charge in [-0.3, -0.25) is 14.5 Å². The van der Waals surface area contributed by atoms with E-state index in [9.17, 15) is 9.59 Å². The normalized spacial score (nSPS) is 29.2. The van der Waals surface area contributed by atoms with Gasteiger partial charge in [0, 0.05) is 38.8 Å². The molecule has 2 N–H and O–H groups in total. The first-order valence-corrected chi connectivity index (χ1v) is 9.73. The second-order valence-corrected chi connectivity index (χ2v) is 7.71. The molecule has 0 radical (unpaired) electrons. The number of ether oxygens (including phenoxy) is 1. The largest absolute Gasteiger partial charge is 0.378 e. The van der Waals surface area contributed by atoms with Gasteiger partial charge >= 0.3 is 0 Å². The summed E-state index contributed by atoms with van der Waals surface area (Å²) in [5.74, 6) is 1.05. The van der Waals surface area contributed by atoms with E-state index in [0.29, 0.717) is 38.9 Å². The molecule has 1 aliphatic carbocycles. The van der Waals surface area contributed by atoms with E-state index < -0.39 is 0 Å². The average Bonchev–Trinajstić information content (AvgIpc) is 2.64. The number of amides is 2. The molecule has 0 aromatic carbocycles. The minimum Gasteiger partial charge on any atom is -0.378 e. The molecule has 7 nitrogen and oxygen atoms in total. The fraction of sp³-hybridized carbons (Fsp3) is 0.889. The maximum absolute atomic E-state index is 12.5. The van der Waals surface area contributed by atoms with Crippen LogP contribution in [0.25, 0.3) is 0 Å². The van der Waals surface area contributed by atoms with Gasteiger partial charge in [0.2, 0.25) is 11.8 Å². The van der Waals surface area contributed by atoms with Crippen molar-refractivity contribution >= 4 is 36.6 Å². The Morgan fingerprint density at radius 1 is 1.07 bits per heavy atom. The van der Waals surface area contributed by atoms with Crippen LogP contribution in [0, 0.1) is 5.92 Å². The first-order chi connectivity index (χ1) is 12.1. The van der Waals surface area contributed by atoms with Crippen LogP contribution >= 0.6 is 24.8 Å². The van der Waals surface area contributed by atoms with Crippen molar-refractivity contribution in [3.63, 3.8) is 0 Å². The van der Waals surface area contributed by atoms with Crippen molar-refractivity contribution < 1.29 is 14.3 Å². The second-order valence-electron chi connectivity index (χ2n) is 7.71. The van der Waals surface area contributed by atoms with Gasteiger partial charge in [0.25, 0.3) is 0 Å². The summed E-state index contributed by atoms with van der Waals surface area (Å²) in [7, 11) is 0. The van der Waals surface area contributed by atoms with Crippen LogP contribution in [-0.4, -0.2) is 86.2 Å². The van der Waals surface area contributed by atoms with Crippen molar-refractivity contribution in [2.75, 3.05) is 52.5 Å². The average molecular weight is 425 g/mol. The maximum Gasteiger partial charge on any atom is 0.242 e. The summed E-state index contributed by atoms with van der Waals surface area (Å²) in [5.41, 5.74) is 0. The molecule has 0 spiro atoms. The molecule has 1 atom stereocenters. The molecule has 9 heteroatoms. The Balaban J connectivity index is 0.00000182. The minimum atomic E-state index is -0.211. The highest BCUT2D eigenvalue weighted by molar-refractivity contribution is 5.85. The number of nitrogens with one attached hydrogen (secondary N) is 2. The van der Waals surface area contributed by atoms with E-state index in [1.54, 1.807) is 0 Å². The summed E-state index contributed by atoms with van der Waals surface area (Å²) in [6.07, 6.45) is 4.63. The van der Waals surface area contributed by atoms with Crippen molar-refractivity contribution in [3.8, 4) is 0 Å². The number of piperazine rings is 1. The number of morpholine rings is 1. The Labute approximate surface area is 174 Å². The summed E-state index contributed by atoms with van der Waals surface area (Å²) in [5, 5.41) is 6.40. The van der Waals surface area contributed by atoms with Gasteiger partial charge in [0.15, 0.2) is 0 Å². The summed E-state index contributed by atoms with van der Waals surface area (Å²) in [4.78, 5) is 28.8. The van der Waals surface area contributed by atoms with Crippen LogP contribution in [0.3, 0.4) is 0 Å². The van der Waals surface area contributed by atoms with E-state index in [4.69, 9.17) is 4.74 Å². The third kappa shape index (κ3) is 7.38. The second kappa shape index (κ2) is 12.1. The van der Waals surface area contributed by atoms with E-state index in [1.807, 2.05) is 4.90 Å². The van der Waals surface area contributed by atoms with Crippen molar-refractivity contribution in [1.82, 2.24) is 20.4 Å². The lowest BCUT2D eigenvalue weighted by atomic mass is 9.87. The number of nitrogens with zero attached hydrogens (tertiary/aromatic N) is 2. The number of halogens is 2. The van der Waals surface area contributed by atoms with Crippen molar-refractivity contribution in [2.24, 2.45) is 5.92 Å². The van der Waals surface area contributed by atoms with Crippen LogP contribution in [-0.2, 0) is 14.3 Å². The topological polar surface area (TPSA) is 73.9 Å². The van der Waals surface area contributed by atoms with Crippen molar-refractivity contribution in [2.45, 2.75) is 44.7 Å². The Morgan fingerprint density at radius 3 is 2.33 bits per heavy atom. The highest BCUT2D eigenvalue weighted by Crippen LogP contribution is 2.23. The molecule has 3 aliphatic rings. The maximum atomic E-state index is 12.5. The molecule has 0 aromatic rings. The van der Waals surface area contributed by atoms with Gasteiger partial charge in [-0.2, -0.15) is 0 Å². The summed E-state index contributed by atoms with van der Waals surface area (Å²) in [6, 6.07) is 0.140. The van der Waals surface area contributed by atoms with Gasteiger partial charge in [0.1, 0.15) is 6.04 Å². The third-order valence-electron chi connectivity index (χ3n) is 5.65. The highest BCUT2D eigenvalue weighted by atomic mass is 35.5. The Kier molecular flexibility index (Phi) is 10.9. The molecule has 2 amide bonds. The van der Waals surface area contributed by atoms with Crippen LogP contribution in [0.5, 0.6) is 0 Å². The van der Waals surface area contributed by atoms with Gasteiger partial charge in [-0.1, -0.05) is 6.92 Å². The Bertz CT molecular complexity index is 462. The van der Waals surface area contributed by atoms with E-state index >= 15 is 0 Å². The summed E-state index contributed by atoms with van der Waals surface area (Å²) in [6.45, 7) is 7.48. The van der Waals surface area contributed by atoms with Gasteiger partial charge in [-0.15, -0.1) is 24.8 Å². The number of carbonyl (C=O) groups excluding carboxylic acids is 2. The molecular weight excluding hydrogens is 391 g/mol. The zero-order chi connectivity index (χ0) is 17.6. The molecule has 27 heavy (non-hydrogen) atoms. The quantitative estimate of drug-likeness (QED) is 0.693. The molecule has 3 fully saturated rings. The van der Waals surface area contributed by atoms with Crippen LogP contribution in [0.2, 0.25) is 0 Å². The van der Waals surface area contributed by atoms with Crippen LogP contribution < -0.4 is 10.6 Å². The summed E-state index contributed by atoms with van der Waals surface area (Å²) < 4.78 is 5.37. The van der Waals surface area contributed by atoms with Gasteiger partial charge in [-0.25, -0.2) is 0 Å². The fourth-order valence-corrected chi connectivity index (χ4v) is 3.95. The highest BCUT2D eigenvalue weighted by Gasteiger charge is 2.29. The lowest BCUT2D eigenvalue weighted by molar-refractivity contribution is -0.138. The molecule has 2 aliphatic heterocycles. The van der Waals surface area contributed by atoms with Crippen molar-refractivity contribution in [1.29, 1.82) is 0 Å². The summed E-state index contributed by atoms with van der Waals surface area (Å²) >= 11 is 0. The zero-order valence-corrected chi connectivity index (χ0v) is 17.8. The first kappa shape index (κ1) is 24.4. The molecule has 158 valence electrons. The van der Waals surface area contributed by atoms with E-state index in [1.165, 1.54) is 12.8 Å². The smallest absolute Gasteiger partial charge is 0.242 e. The van der Waals surface area contributed by atoms with E-state index in [2.05, 4.69) is 22.5 Å². The molecule has 2 heterocycles.